The lowest BCUT2D eigenvalue weighted by atomic mass is 9.94. The third kappa shape index (κ3) is 5.44. The molecule has 1 heterocycles. The van der Waals surface area contributed by atoms with E-state index in [1.807, 2.05) is 52.0 Å². The molecule has 1 aliphatic heterocycles. The predicted octanol–water partition coefficient (Wildman–Crippen LogP) is 5.79. The molecule has 0 saturated carbocycles. The Morgan fingerprint density at radius 3 is 2.38 bits per heavy atom. The molecular weight excluding hydrogens is 430 g/mol. The van der Waals surface area contributed by atoms with Crippen molar-refractivity contribution in [2.75, 3.05) is 19.8 Å². The fourth-order valence-corrected chi connectivity index (χ4v) is 4.11. The second-order valence-corrected chi connectivity index (χ2v) is 8.60. The Balaban J connectivity index is 2.09. The van der Waals surface area contributed by atoms with Crippen LogP contribution in [0.1, 0.15) is 69.2 Å². The van der Waals surface area contributed by atoms with E-state index >= 15 is 0 Å². The van der Waals surface area contributed by atoms with Crippen LogP contribution in [0.15, 0.2) is 48.0 Å². The highest BCUT2D eigenvalue weighted by atomic mass is 16.5. The topological polar surface area (TPSA) is 76.1 Å². The standard InChI is InChI=1S/C28H35NO5/c1-5-8-14-29-25(20-10-9-11-22(18-20)33-15-6-2)24(27(31)28(29)32)26(30)21-12-13-23(19(4)17-21)34-16-7-3/h9-13,17-18,25,30H,5-8,14-16H2,1-4H3/b26-24+. The summed E-state index contributed by atoms with van der Waals surface area (Å²) in [5.74, 6) is -0.0119. The van der Waals surface area contributed by atoms with E-state index in [9.17, 15) is 14.7 Å². The zero-order valence-electron chi connectivity index (χ0n) is 20.6. The van der Waals surface area contributed by atoms with Crippen LogP contribution >= 0.6 is 0 Å². The normalized spacial score (nSPS) is 17.3. The van der Waals surface area contributed by atoms with Crippen LogP contribution in [0.2, 0.25) is 0 Å². The van der Waals surface area contributed by atoms with Crippen molar-refractivity contribution in [1.82, 2.24) is 4.90 Å². The first-order valence-electron chi connectivity index (χ1n) is 12.2. The first-order chi connectivity index (χ1) is 16.4. The molecule has 2 aromatic carbocycles. The van der Waals surface area contributed by atoms with Crippen LogP contribution in [0.25, 0.3) is 5.76 Å². The number of amides is 1. The Labute approximate surface area is 202 Å². The summed E-state index contributed by atoms with van der Waals surface area (Å²) in [5, 5.41) is 11.3. The van der Waals surface area contributed by atoms with Gasteiger partial charge >= 0.3 is 0 Å². The minimum absolute atomic E-state index is 0.107. The molecule has 2 aromatic rings. The zero-order chi connectivity index (χ0) is 24.7. The second kappa shape index (κ2) is 11.7. The highest BCUT2D eigenvalue weighted by molar-refractivity contribution is 6.46. The van der Waals surface area contributed by atoms with Crippen molar-refractivity contribution in [3.63, 3.8) is 0 Å². The third-order valence-corrected chi connectivity index (χ3v) is 5.85. The van der Waals surface area contributed by atoms with Gasteiger partial charge in [0.2, 0.25) is 0 Å². The maximum absolute atomic E-state index is 13.2. The molecule has 0 aromatic heterocycles. The Kier molecular flexibility index (Phi) is 8.74. The van der Waals surface area contributed by atoms with Gasteiger partial charge in [0.15, 0.2) is 0 Å². The molecule has 1 amide bonds. The number of carbonyl (C=O) groups excluding carboxylic acids is 2. The highest BCUT2D eigenvalue weighted by Gasteiger charge is 2.45. The number of hydrogen-bond donors (Lipinski definition) is 1. The number of ether oxygens (including phenoxy) is 2. The molecule has 1 N–H and O–H groups in total. The molecule has 1 aliphatic rings. The van der Waals surface area contributed by atoms with Crippen LogP contribution in [0.4, 0.5) is 0 Å². The molecule has 1 saturated heterocycles. The molecule has 6 nitrogen and oxygen atoms in total. The number of nitrogens with zero attached hydrogens (tertiary/aromatic N) is 1. The van der Waals surface area contributed by atoms with Crippen molar-refractivity contribution in [1.29, 1.82) is 0 Å². The quantitative estimate of drug-likeness (QED) is 0.258. The lowest BCUT2D eigenvalue weighted by Gasteiger charge is -2.25. The Morgan fingerprint density at radius 2 is 1.71 bits per heavy atom. The molecule has 0 radical (unpaired) electrons. The highest BCUT2D eigenvalue weighted by Crippen LogP contribution is 2.40. The average Bonchev–Trinajstić information content (AvgIpc) is 3.10. The van der Waals surface area contributed by atoms with E-state index in [0.29, 0.717) is 31.1 Å². The summed E-state index contributed by atoms with van der Waals surface area (Å²) >= 11 is 0. The van der Waals surface area contributed by atoms with Gasteiger partial charge in [0.25, 0.3) is 11.7 Å². The minimum atomic E-state index is -0.673. The summed E-state index contributed by atoms with van der Waals surface area (Å²) in [6, 6.07) is 12.1. The van der Waals surface area contributed by atoms with Gasteiger partial charge in [-0.05, 0) is 67.6 Å². The molecule has 0 spiro atoms. The van der Waals surface area contributed by atoms with Crippen LogP contribution in [0.3, 0.4) is 0 Å². The molecule has 1 atom stereocenters. The van der Waals surface area contributed by atoms with E-state index in [2.05, 4.69) is 0 Å². The number of aryl methyl sites for hydroxylation is 1. The molecule has 34 heavy (non-hydrogen) atoms. The van der Waals surface area contributed by atoms with E-state index in [0.717, 1.165) is 42.6 Å². The van der Waals surface area contributed by atoms with Gasteiger partial charge in [-0.15, -0.1) is 0 Å². The fraction of sp³-hybridized carbons (Fsp3) is 0.429. The van der Waals surface area contributed by atoms with Crippen LogP contribution in [0, 0.1) is 6.92 Å². The van der Waals surface area contributed by atoms with E-state index in [1.54, 1.807) is 23.1 Å². The summed E-state index contributed by atoms with van der Waals surface area (Å²) in [4.78, 5) is 27.8. The number of hydrogen-bond acceptors (Lipinski definition) is 5. The summed E-state index contributed by atoms with van der Waals surface area (Å²) in [6.45, 7) is 9.62. The summed E-state index contributed by atoms with van der Waals surface area (Å²) in [5.41, 5.74) is 2.18. The zero-order valence-corrected chi connectivity index (χ0v) is 20.6. The average molecular weight is 466 g/mol. The molecule has 0 bridgehead atoms. The van der Waals surface area contributed by atoms with Crippen molar-refractivity contribution >= 4 is 17.4 Å². The minimum Gasteiger partial charge on any atom is -0.507 e. The summed E-state index contributed by atoms with van der Waals surface area (Å²) in [6.07, 6.45) is 3.41. The lowest BCUT2D eigenvalue weighted by Crippen LogP contribution is -2.30. The maximum atomic E-state index is 13.2. The van der Waals surface area contributed by atoms with Crippen LogP contribution < -0.4 is 9.47 Å². The second-order valence-electron chi connectivity index (χ2n) is 8.60. The van der Waals surface area contributed by atoms with Gasteiger partial charge in [0.1, 0.15) is 17.3 Å². The predicted molar refractivity (Wildman–Crippen MR) is 133 cm³/mol. The molecule has 3 rings (SSSR count). The molecule has 182 valence electrons. The SMILES string of the molecule is CCCCN1C(=O)C(=O)/C(=C(/O)c2ccc(OCCC)c(C)c2)C1c1cccc(OCCC)c1. The lowest BCUT2D eigenvalue weighted by molar-refractivity contribution is -0.139. The first-order valence-corrected chi connectivity index (χ1v) is 12.2. The smallest absolute Gasteiger partial charge is 0.295 e. The van der Waals surface area contributed by atoms with Gasteiger partial charge in [-0.3, -0.25) is 9.59 Å². The number of ketones is 1. The van der Waals surface area contributed by atoms with Crippen LogP contribution in [-0.2, 0) is 9.59 Å². The van der Waals surface area contributed by atoms with Crippen molar-refractivity contribution in [3.8, 4) is 11.5 Å². The van der Waals surface area contributed by atoms with Crippen molar-refractivity contribution < 1.29 is 24.2 Å². The molecule has 0 aliphatic carbocycles. The number of aliphatic hydroxyl groups is 1. The summed E-state index contributed by atoms with van der Waals surface area (Å²) in [7, 11) is 0. The monoisotopic (exact) mass is 465 g/mol. The molecule has 1 unspecified atom stereocenters. The number of carbonyl (C=O) groups is 2. The van der Waals surface area contributed by atoms with Gasteiger partial charge in [0, 0.05) is 12.1 Å². The number of aliphatic hydroxyl groups excluding tert-OH is 1. The van der Waals surface area contributed by atoms with E-state index in [4.69, 9.17) is 9.47 Å². The first kappa shape index (κ1) is 25.3. The summed E-state index contributed by atoms with van der Waals surface area (Å²) < 4.78 is 11.5. The van der Waals surface area contributed by atoms with Crippen molar-refractivity contribution in [2.24, 2.45) is 0 Å². The van der Waals surface area contributed by atoms with E-state index < -0.39 is 17.7 Å². The van der Waals surface area contributed by atoms with Crippen LogP contribution in [0.5, 0.6) is 11.5 Å². The largest absolute Gasteiger partial charge is 0.507 e. The van der Waals surface area contributed by atoms with Gasteiger partial charge in [-0.1, -0.05) is 39.3 Å². The van der Waals surface area contributed by atoms with Gasteiger partial charge in [-0.25, -0.2) is 0 Å². The maximum Gasteiger partial charge on any atom is 0.295 e. The Morgan fingerprint density at radius 1 is 0.971 bits per heavy atom. The number of benzene rings is 2. The third-order valence-electron chi connectivity index (χ3n) is 5.85. The van der Waals surface area contributed by atoms with Gasteiger partial charge < -0.3 is 19.5 Å². The van der Waals surface area contributed by atoms with Gasteiger partial charge in [-0.2, -0.15) is 0 Å². The number of likely N-dealkylation sites (tertiary alicyclic amines) is 1. The fourth-order valence-electron chi connectivity index (χ4n) is 4.11. The molecule has 1 fully saturated rings. The van der Waals surface area contributed by atoms with Crippen molar-refractivity contribution in [2.45, 2.75) is 59.4 Å². The van der Waals surface area contributed by atoms with Crippen LogP contribution in [-0.4, -0.2) is 41.5 Å². The van der Waals surface area contributed by atoms with E-state index in [1.165, 1.54) is 0 Å². The van der Waals surface area contributed by atoms with E-state index in [-0.39, 0.29) is 11.3 Å². The number of unbranched alkanes of at least 4 members (excludes halogenated alkanes) is 1. The molecule has 6 heteroatoms. The number of Topliss-reactive ketones (excluding diaryl/α,β-unsaturated/α-hetero) is 1. The number of rotatable bonds is 11. The van der Waals surface area contributed by atoms with Crippen molar-refractivity contribution in [3.05, 3.63) is 64.7 Å². The van der Waals surface area contributed by atoms with Gasteiger partial charge in [0.05, 0.1) is 24.8 Å². The Bertz CT molecular complexity index is 1060. The molecular formula is C28H35NO5. The Hall–Kier alpha value is -3.28.